The van der Waals surface area contributed by atoms with Crippen LogP contribution in [0.2, 0.25) is 0 Å². The van der Waals surface area contributed by atoms with Gasteiger partial charge in [0.15, 0.2) is 0 Å². The van der Waals surface area contributed by atoms with Crippen LogP contribution in [0.3, 0.4) is 0 Å². The van der Waals surface area contributed by atoms with E-state index < -0.39 is 0 Å². The van der Waals surface area contributed by atoms with Gasteiger partial charge in [0, 0.05) is 18.8 Å². The topological polar surface area (TPSA) is 58.6 Å². The summed E-state index contributed by atoms with van der Waals surface area (Å²) < 4.78 is 5.57. The minimum atomic E-state index is -0.293. The molecule has 3 rings (SSSR count). The predicted molar refractivity (Wildman–Crippen MR) is 120 cm³/mol. The number of rotatable bonds is 8. The van der Waals surface area contributed by atoms with Gasteiger partial charge in [0.05, 0.1) is 11.7 Å². The number of ether oxygens (including phenoxy) is 1. The number of benzene rings is 2. The number of amides is 2. The first-order chi connectivity index (χ1) is 14.3. The Kier molecular flexibility index (Phi) is 6.73. The molecule has 0 aromatic heterocycles. The van der Waals surface area contributed by atoms with E-state index in [9.17, 15) is 9.59 Å². The van der Waals surface area contributed by atoms with Crippen molar-refractivity contribution in [2.24, 2.45) is 0 Å². The van der Waals surface area contributed by atoms with Gasteiger partial charge in [0.2, 0.25) is 0 Å². The molecular formula is C25H30N2O3. The van der Waals surface area contributed by atoms with Crippen LogP contribution in [0.1, 0.15) is 42.5 Å². The summed E-state index contributed by atoms with van der Waals surface area (Å²) >= 11 is 0. The van der Waals surface area contributed by atoms with Crippen LogP contribution in [0.5, 0.6) is 0 Å². The highest BCUT2D eigenvalue weighted by atomic mass is 16.5. The molecule has 2 aromatic carbocycles. The predicted octanol–water partition coefficient (Wildman–Crippen LogP) is 4.62. The number of anilines is 1. The first kappa shape index (κ1) is 21.8. The molecule has 5 heteroatoms. The molecule has 0 saturated carbocycles. The van der Waals surface area contributed by atoms with E-state index in [1.165, 1.54) is 10.5 Å². The molecule has 2 amide bonds. The number of aryl methyl sites for hydroxylation is 3. The first-order valence-corrected chi connectivity index (χ1v) is 10.4. The lowest BCUT2D eigenvalue weighted by molar-refractivity contribution is -0.137. The van der Waals surface area contributed by atoms with Crippen molar-refractivity contribution in [2.45, 2.75) is 47.1 Å². The van der Waals surface area contributed by atoms with Gasteiger partial charge in [-0.25, -0.2) is 0 Å². The molecule has 0 aliphatic carbocycles. The Bertz CT molecular complexity index is 974. The summed E-state index contributed by atoms with van der Waals surface area (Å²) in [5, 5.41) is 3.23. The van der Waals surface area contributed by atoms with Gasteiger partial charge in [0.1, 0.15) is 5.70 Å². The molecule has 0 bridgehead atoms. The SMILES string of the molecule is Cc1ccc(C2=C(Nc3ccc(C)c(C)c3)C(=O)N(CCCOC(C)C)C2=O)cc1. The molecule has 0 unspecified atom stereocenters. The number of carbonyl (C=O) groups is 2. The number of carbonyl (C=O) groups excluding carboxylic acids is 2. The summed E-state index contributed by atoms with van der Waals surface area (Å²) in [6, 6.07) is 13.6. The maximum atomic E-state index is 13.2. The third-order valence-corrected chi connectivity index (χ3v) is 5.26. The lowest BCUT2D eigenvalue weighted by Gasteiger charge is -2.16. The van der Waals surface area contributed by atoms with Gasteiger partial charge in [-0.15, -0.1) is 0 Å². The highest BCUT2D eigenvalue weighted by Gasteiger charge is 2.38. The molecule has 1 aliphatic rings. The zero-order valence-corrected chi connectivity index (χ0v) is 18.4. The average Bonchev–Trinajstić information content (AvgIpc) is 2.92. The van der Waals surface area contributed by atoms with Crippen LogP contribution in [0.25, 0.3) is 5.57 Å². The third-order valence-electron chi connectivity index (χ3n) is 5.26. The molecule has 0 radical (unpaired) electrons. The normalized spacial score (nSPS) is 14.3. The zero-order valence-electron chi connectivity index (χ0n) is 18.4. The molecule has 158 valence electrons. The Hall–Kier alpha value is -2.92. The lowest BCUT2D eigenvalue weighted by Crippen LogP contribution is -2.34. The fraction of sp³-hybridized carbons (Fsp3) is 0.360. The Morgan fingerprint density at radius 3 is 2.27 bits per heavy atom. The molecule has 30 heavy (non-hydrogen) atoms. The molecule has 0 atom stereocenters. The molecule has 0 spiro atoms. The molecule has 0 fully saturated rings. The molecule has 1 aliphatic heterocycles. The number of hydrogen-bond acceptors (Lipinski definition) is 4. The van der Waals surface area contributed by atoms with Gasteiger partial charge in [-0.2, -0.15) is 0 Å². The van der Waals surface area contributed by atoms with Crippen molar-refractivity contribution in [3.63, 3.8) is 0 Å². The fourth-order valence-corrected chi connectivity index (χ4v) is 3.39. The molecule has 5 nitrogen and oxygen atoms in total. The summed E-state index contributed by atoms with van der Waals surface area (Å²) in [6.07, 6.45) is 0.728. The van der Waals surface area contributed by atoms with Crippen LogP contribution in [-0.4, -0.2) is 36.0 Å². The highest BCUT2D eigenvalue weighted by Crippen LogP contribution is 2.31. The first-order valence-electron chi connectivity index (χ1n) is 10.4. The minimum Gasteiger partial charge on any atom is -0.379 e. The van der Waals surface area contributed by atoms with E-state index in [2.05, 4.69) is 5.32 Å². The van der Waals surface area contributed by atoms with Gasteiger partial charge >= 0.3 is 0 Å². The largest absolute Gasteiger partial charge is 0.379 e. The van der Waals surface area contributed by atoms with E-state index in [0.29, 0.717) is 30.8 Å². The van der Waals surface area contributed by atoms with Gasteiger partial charge < -0.3 is 10.1 Å². The Balaban J connectivity index is 1.91. The van der Waals surface area contributed by atoms with Crippen LogP contribution in [0.15, 0.2) is 48.2 Å². The lowest BCUT2D eigenvalue weighted by atomic mass is 10.0. The molecular weight excluding hydrogens is 376 g/mol. The van der Waals surface area contributed by atoms with Crippen molar-refractivity contribution in [1.82, 2.24) is 4.90 Å². The average molecular weight is 407 g/mol. The quantitative estimate of drug-likeness (QED) is 0.513. The van der Waals surface area contributed by atoms with Crippen molar-refractivity contribution in [1.29, 1.82) is 0 Å². The van der Waals surface area contributed by atoms with Crippen LogP contribution in [-0.2, 0) is 14.3 Å². The third kappa shape index (κ3) is 4.79. The summed E-state index contributed by atoms with van der Waals surface area (Å²) in [6.45, 7) is 10.8. The van der Waals surface area contributed by atoms with Crippen molar-refractivity contribution in [2.75, 3.05) is 18.5 Å². The Morgan fingerprint density at radius 2 is 1.63 bits per heavy atom. The number of imide groups is 1. The van der Waals surface area contributed by atoms with E-state index in [4.69, 9.17) is 4.74 Å². The van der Waals surface area contributed by atoms with Gasteiger partial charge in [-0.3, -0.25) is 14.5 Å². The van der Waals surface area contributed by atoms with Crippen molar-refractivity contribution >= 4 is 23.1 Å². The van der Waals surface area contributed by atoms with Crippen LogP contribution < -0.4 is 5.32 Å². The number of nitrogens with zero attached hydrogens (tertiary/aromatic N) is 1. The van der Waals surface area contributed by atoms with Crippen molar-refractivity contribution in [3.8, 4) is 0 Å². The Labute approximate surface area is 178 Å². The van der Waals surface area contributed by atoms with E-state index in [0.717, 1.165) is 22.4 Å². The number of hydrogen-bond donors (Lipinski definition) is 1. The fourth-order valence-electron chi connectivity index (χ4n) is 3.39. The van der Waals surface area contributed by atoms with E-state index in [1.54, 1.807) is 0 Å². The minimum absolute atomic E-state index is 0.123. The van der Waals surface area contributed by atoms with Crippen LogP contribution >= 0.6 is 0 Å². The molecule has 0 saturated heterocycles. The smallest absolute Gasteiger partial charge is 0.278 e. The molecule has 1 heterocycles. The standard InChI is InChI=1S/C25H30N2O3/c1-16(2)30-14-6-13-27-24(28)22(20-10-7-17(3)8-11-20)23(25(27)29)26-21-12-9-18(4)19(5)15-21/h7-12,15-16,26H,6,13-14H2,1-5H3. The van der Waals surface area contributed by atoms with E-state index >= 15 is 0 Å². The maximum absolute atomic E-state index is 13.2. The summed E-state index contributed by atoms with van der Waals surface area (Å²) in [5.41, 5.74) is 5.68. The summed E-state index contributed by atoms with van der Waals surface area (Å²) in [4.78, 5) is 27.7. The van der Waals surface area contributed by atoms with Gasteiger partial charge in [-0.1, -0.05) is 35.9 Å². The monoisotopic (exact) mass is 406 g/mol. The Morgan fingerprint density at radius 1 is 0.933 bits per heavy atom. The highest BCUT2D eigenvalue weighted by molar-refractivity contribution is 6.36. The molecule has 1 N–H and O–H groups in total. The molecule has 2 aromatic rings. The second-order valence-electron chi connectivity index (χ2n) is 8.08. The second kappa shape index (κ2) is 9.26. The van der Waals surface area contributed by atoms with Crippen LogP contribution in [0.4, 0.5) is 5.69 Å². The van der Waals surface area contributed by atoms with Crippen molar-refractivity contribution in [3.05, 3.63) is 70.4 Å². The summed E-state index contributed by atoms with van der Waals surface area (Å²) in [5.74, 6) is -0.557. The van der Waals surface area contributed by atoms with Gasteiger partial charge in [0.25, 0.3) is 11.8 Å². The zero-order chi connectivity index (χ0) is 21.8. The summed E-state index contributed by atoms with van der Waals surface area (Å²) in [7, 11) is 0. The maximum Gasteiger partial charge on any atom is 0.278 e. The van der Waals surface area contributed by atoms with Crippen LogP contribution in [0, 0.1) is 20.8 Å². The van der Waals surface area contributed by atoms with Gasteiger partial charge in [-0.05, 0) is 69.9 Å². The van der Waals surface area contributed by atoms with E-state index in [1.807, 2.05) is 77.1 Å². The van der Waals surface area contributed by atoms with Crippen molar-refractivity contribution < 1.29 is 14.3 Å². The second-order valence-corrected chi connectivity index (χ2v) is 8.08. The number of nitrogens with one attached hydrogen (secondary N) is 1. The van der Waals surface area contributed by atoms with E-state index in [-0.39, 0.29) is 17.9 Å².